The molecule has 2 aromatic carbocycles. The van der Waals surface area contributed by atoms with Gasteiger partial charge in [0.2, 0.25) is 5.82 Å². The van der Waals surface area contributed by atoms with Gasteiger partial charge in [0.15, 0.2) is 23.2 Å². The van der Waals surface area contributed by atoms with Crippen LogP contribution in [-0.2, 0) is 4.74 Å². The van der Waals surface area contributed by atoms with E-state index in [2.05, 4.69) is 55.2 Å². The highest BCUT2D eigenvalue weighted by atomic mass is 16.6. The summed E-state index contributed by atoms with van der Waals surface area (Å²) >= 11 is 0. The lowest BCUT2D eigenvalue weighted by atomic mass is 9.91. The summed E-state index contributed by atoms with van der Waals surface area (Å²) in [5.41, 5.74) is 6.87. The number of carbonyl (C=O) groups excluding carboxylic acids is 1. The molecule has 1 saturated heterocycles. The summed E-state index contributed by atoms with van der Waals surface area (Å²) in [4.78, 5) is 26.5. The molecule has 1 amide bonds. The SMILES string of the molecule is CCNCC1(CO)O[C@@H](n2cnc3c(NCC(c4ccccc4)c4ccccc4)nc(C(=O)NCCN)nc32)[C@H](O)C1O. The third-order valence-electron chi connectivity index (χ3n) is 7.66. The number of anilines is 1. The molecule has 5 rings (SSSR count). The van der Waals surface area contributed by atoms with E-state index in [9.17, 15) is 20.1 Å². The van der Waals surface area contributed by atoms with Crippen LogP contribution in [0.2, 0.25) is 0 Å². The molecule has 0 aliphatic carbocycles. The molecule has 0 saturated carbocycles. The summed E-state index contributed by atoms with van der Waals surface area (Å²) in [5, 5.41) is 41.2. The van der Waals surface area contributed by atoms with Crippen molar-refractivity contribution < 1.29 is 24.9 Å². The standard InChI is InChI=1S/C30H38N8O5/c1-2-32-16-30(17-39)24(41)23(40)29(43-30)38-18-35-22-25(36-26(37-27(22)38)28(42)33-14-13-31)34-15-21(19-9-5-3-6-10-19)20-11-7-4-8-12-20/h3-12,18,21,23-24,29,32,39-41H,2,13-17,31H2,1H3,(H,33,42)(H,34,36,37)/t23-,24?,29-,30?/m1/s1. The first-order valence-electron chi connectivity index (χ1n) is 14.3. The molecule has 1 fully saturated rings. The zero-order valence-electron chi connectivity index (χ0n) is 23.9. The minimum atomic E-state index is -1.45. The van der Waals surface area contributed by atoms with E-state index >= 15 is 0 Å². The van der Waals surface area contributed by atoms with Crippen LogP contribution in [0.25, 0.3) is 11.2 Å². The minimum absolute atomic E-state index is 0.0459. The van der Waals surface area contributed by atoms with Gasteiger partial charge < -0.3 is 41.7 Å². The smallest absolute Gasteiger partial charge is 0.289 e. The second-order valence-electron chi connectivity index (χ2n) is 10.5. The molecule has 3 heterocycles. The Kier molecular flexibility index (Phi) is 9.60. The number of likely N-dealkylation sites (N-methyl/N-ethyl adjacent to an activating group) is 1. The Labute approximate surface area is 249 Å². The van der Waals surface area contributed by atoms with E-state index in [0.717, 1.165) is 11.1 Å². The van der Waals surface area contributed by atoms with Crippen molar-refractivity contribution in [3.63, 3.8) is 0 Å². The third-order valence-corrected chi connectivity index (χ3v) is 7.66. The third kappa shape index (κ3) is 6.22. The predicted octanol–water partition coefficient (Wildman–Crippen LogP) is 0.350. The van der Waals surface area contributed by atoms with Gasteiger partial charge in [0.25, 0.3) is 5.91 Å². The number of amides is 1. The lowest BCUT2D eigenvalue weighted by Gasteiger charge is -2.30. The Bertz CT molecular complexity index is 1470. The van der Waals surface area contributed by atoms with Crippen molar-refractivity contribution in [1.82, 2.24) is 30.2 Å². The number of hydrogen-bond acceptors (Lipinski definition) is 11. The number of aromatic nitrogens is 4. The average Bonchev–Trinajstić information content (AvgIpc) is 3.58. The molecule has 8 N–H and O–H groups in total. The molecule has 4 aromatic rings. The van der Waals surface area contributed by atoms with Crippen LogP contribution in [0.4, 0.5) is 5.82 Å². The van der Waals surface area contributed by atoms with Crippen molar-refractivity contribution in [3.8, 4) is 0 Å². The van der Waals surface area contributed by atoms with Crippen LogP contribution in [0, 0.1) is 0 Å². The zero-order chi connectivity index (χ0) is 30.4. The Hall–Kier alpha value is -3.98. The fourth-order valence-corrected chi connectivity index (χ4v) is 5.33. The topological polar surface area (TPSA) is 193 Å². The van der Waals surface area contributed by atoms with Gasteiger partial charge in [-0.25, -0.2) is 15.0 Å². The number of aliphatic hydroxyl groups excluding tert-OH is 3. The quantitative estimate of drug-likeness (QED) is 0.114. The van der Waals surface area contributed by atoms with Crippen LogP contribution in [0.5, 0.6) is 0 Å². The van der Waals surface area contributed by atoms with E-state index < -0.39 is 36.6 Å². The lowest BCUT2D eigenvalue weighted by Crippen LogP contribution is -2.53. The molecule has 13 nitrogen and oxygen atoms in total. The van der Waals surface area contributed by atoms with Crippen LogP contribution in [-0.4, -0.2) is 97.9 Å². The molecule has 4 atom stereocenters. The minimum Gasteiger partial charge on any atom is -0.393 e. The van der Waals surface area contributed by atoms with Gasteiger partial charge in [0.1, 0.15) is 17.8 Å². The Balaban J connectivity index is 1.53. The molecular weight excluding hydrogens is 552 g/mol. The average molecular weight is 591 g/mol. The Morgan fingerprint density at radius 2 is 1.77 bits per heavy atom. The van der Waals surface area contributed by atoms with Gasteiger partial charge in [-0.05, 0) is 17.7 Å². The van der Waals surface area contributed by atoms with Crippen LogP contribution >= 0.6 is 0 Å². The van der Waals surface area contributed by atoms with Crippen LogP contribution in [0.1, 0.15) is 40.8 Å². The van der Waals surface area contributed by atoms with Gasteiger partial charge in [-0.3, -0.25) is 9.36 Å². The molecule has 13 heteroatoms. The first kappa shape index (κ1) is 30.5. The van der Waals surface area contributed by atoms with Crippen molar-refractivity contribution in [3.05, 3.63) is 83.9 Å². The van der Waals surface area contributed by atoms with Gasteiger partial charge in [-0.2, -0.15) is 0 Å². The van der Waals surface area contributed by atoms with Crippen LogP contribution in [0.3, 0.4) is 0 Å². The highest BCUT2D eigenvalue weighted by molar-refractivity contribution is 5.94. The number of carbonyl (C=O) groups is 1. The highest BCUT2D eigenvalue weighted by Gasteiger charge is 2.54. The molecular formula is C30H38N8O5. The summed E-state index contributed by atoms with van der Waals surface area (Å²) < 4.78 is 7.56. The summed E-state index contributed by atoms with van der Waals surface area (Å²) in [5.74, 6) is -0.395. The number of rotatable bonds is 13. The first-order valence-corrected chi connectivity index (χ1v) is 14.3. The molecule has 0 spiro atoms. The first-order chi connectivity index (χ1) is 20.9. The molecule has 1 aliphatic rings. The number of aliphatic hydroxyl groups is 3. The van der Waals surface area contributed by atoms with E-state index in [1.165, 1.54) is 10.9 Å². The maximum Gasteiger partial charge on any atom is 0.289 e. The van der Waals surface area contributed by atoms with Crippen LogP contribution in [0.15, 0.2) is 67.0 Å². The van der Waals surface area contributed by atoms with E-state index in [0.29, 0.717) is 24.4 Å². The zero-order valence-corrected chi connectivity index (χ0v) is 23.9. The number of nitrogens with two attached hydrogens (primary N) is 1. The second-order valence-corrected chi connectivity index (χ2v) is 10.5. The summed E-state index contributed by atoms with van der Waals surface area (Å²) in [6, 6.07) is 20.1. The highest BCUT2D eigenvalue weighted by Crippen LogP contribution is 2.38. The van der Waals surface area contributed by atoms with Gasteiger partial charge in [0, 0.05) is 32.1 Å². The van der Waals surface area contributed by atoms with E-state index in [1.54, 1.807) is 0 Å². The van der Waals surface area contributed by atoms with Gasteiger partial charge in [0.05, 0.1) is 12.9 Å². The van der Waals surface area contributed by atoms with E-state index in [1.807, 2.05) is 43.3 Å². The normalized spacial score (nSPS) is 21.9. The summed E-state index contributed by atoms with van der Waals surface area (Å²) in [6.45, 7) is 2.92. The van der Waals surface area contributed by atoms with E-state index in [-0.39, 0.29) is 37.0 Å². The maximum atomic E-state index is 13.0. The molecule has 2 unspecified atom stereocenters. The Morgan fingerprint density at radius 1 is 1.09 bits per heavy atom. The summed E-state index contributed by atoms with van der Waals surface area (Å²) in [6.07, 6.45) is -2.54. The number of ether oxygens (including phenoxy) is 1. The van der Waals surface area contributed by atoms with Crippen molar-refractivity contribution in [1.29, 1.82) is 0 Å². The molecule has 43 heavy (non-hydrogen) atoms. The predicted molar refractivity (Wildman–Crippen MR) is 160 cm³/mol. The number of nitrogens with one attached hydrogen (secondary N) is 3. The largest absolute Gasteiger partial charge is 0.393 e. The maximum absolute atomic E-state index is 13.0. The fraction of sp³-hybridized carbons (Fsp3) is 0.400. The second kappa shape index (κ2) is 13.5. The van der Waals surface area contributed by atoms with E-state index in [4.69, 9.17) is 10.5 Å². The number of nitrogens with zero attached hydrogens (tertiary/aromatic N) is 4. The summed E-state index contributed by atoms with van der Waals surface area (Å²) in [7, 11) is 0. The number of benzene rings is 2. The number of hydrogen-bond donors (Lipinski definition) is 7. The van der Waals surface area contributed by atoms with Gasteiger partial charge in [-0.15, -0.1) is 0 Å². The van der Waals surface area contributed by atoms with Crippen molar-refractivity contribution >= 4 is 22.9 Å². The van der Waals surface area contributed by atoms with Crippen LogP contribution < -0.4 is 21.7 Å². The molecule has 1 aliphatic heterocycles. The molecule has 2 aromatic heterocycles. The van der Waals surface area contributed by atoms with Crippen molar-refractivity contribution in [2.45, 2.75) is 36.9 Å². The lowest BCUT2D eigenvalue weighted by molar-refractivity contribution is -0.125. The molecule has 0 bridgehead atoms. The monoisotopic (exact) mass is 590 g/mol. The molecule has 0 radical (unpaired) electrons. The van der Waals surface area contributed by atoms with Crippen molar-refractivity contribution in [2.24, 2.45) is 5.73 Å². The molecule has 228 valence electrons. The van der Waals surface area contributed by atoms with Gasteiger partial charge >= 0.3 is 0 Å². The Morgan fingerprint density at radius 3 is 2.37 bits per heavy atom. The van der Waals surface area contributed by atoms with Crippen molar-refractivity contribution in [2.75, 3.05) is 44.6 Å². The fourth-order valence-electron chi connectivity index (χ4n) is 5.33. The van der Waals surface area contributed by atoms with Gasteiger partial charge in [-0.1, -0.05) is 67.6 Å². The number of imidazole rings is 1. The number of fused-ring (bicyclic) bond motifs is 1.